The van der Waals surface area contributed by atoms with Gasteiger partial charge in [0, 0.05) is 24.2 Å². The zero-order valence-corrected chi connectivity index (χ0v) is 16.4. The second-order valence-corrected chi connectivity index (χ2v) is 6.98. The fourth-order valence-corrected chi connectivity index (χ4v) is 3.44. The molecular weight excluding hydrogens is 354 g/mol. The molecule has 1 aliphatic rings. The standard InChI is InChI=1S/C22H23N3O3/c1-14-15(2)24-19-12-16(8-9-18(19)23-14)22(26)25-10-5-11-28-21-17(13-25)6-4-7-20(21)27-3/h4,6-9,12H,5,10-11,13H2,1-3H3. The molecule has 28 heavy (non-hydrogen) atoms. The summed E-state index contributed by atoms with van der Waals surface area (Å²) in [6.45, 7) is 5.51. The third-order valence-electron chi connectivity index (χ3n) is 5.07. The van der Waals surface area contributed by atoms with Crippen LogP contribution in [0.5, 0.6) is 11.5 Å². The number of fused-ring (bicyclic) bond motifs is 2. The summed E-state index contributed by atoms with van der Waals surface area (Å²) < 4.78 is 11.3. The van der Waals surface area contributed by atoms with E-state index in [0.717, 1.165) is 40.2 Å². The molecule has 0 bridgehead atoms. The molecule has 6 heteroatoms. The SMILES string of the molecule is COc1cccc2c1OCCCN(C(=O)c1ccc3nc(C)c(C)nc3c1)C2. The van der Waals surface area contributed by atoms with E-state index in [0.29, 0.717) is 31.0 Å². The van der Waals surface area contributed by atoms with E-state index >= 15 is 0 Å². The maximum atomic E-state index is 13.2. The van der Waals surface area contributed by atoms with Crippen LogP contribution in [0.3, 0.4) is 0 Å². The van der Waals surface area contributed by atoms with Gasteiger partial charge in [0.25, 0.3) is 5.91 Å². The number of ether oxygens (including phenoxy) is 2. The molecule has 144 valence electrons. The highest BCUT2D eigenvalue weighted by atomic mass is 16.5. The Labute approximate surface area is 164 Å². The molecule has 2 aromatic carbocycles. The van der Waals surface area contributed by atoms with Gasteiger partial charge in [-0.3, -0.25) is 4.79 Å². The summed E-state index contributed by atoms with van der Waals surface area (Å²) in [6.07, 6.45) is 0.759. The number of hydrogen-bond donors (Lipinski definition) is 0. The fraction of sp³-hybridized carbons (Fsp3) is 0.318. The number of hydrogen-bond acceptors (Lipinski definition) is 5. The van der Waals surface area contributed by atoms with Gasteiger partial charge in [-0.05, 0) is 44.5 Å². The highest BCUT2D eigenvalue weighted by molar-refractivity contribution is 5.97. The highest BCUT2D eigenvalue weighted by Crippen LogP contribution is 2.33. The van der Waals surface area contributed by atoms with Crippen molar-refractivity contribution < 1.29 is 14.3 Å². The first kappa shape index (κ1) is 18.2. The van der Waals surface area contributed by atoms with Crippen LogP contribution in [0.25, 0.3) is 11.0 Å². The largest absolute Gasteiger partial charge is 0.493 e. The Balaban J connectivity index is 1.67. The number of aromatic nitrogens is 2. The second kappa shape index (κ2) is 7.46. The predicted octanol–water partition coefficient (Wildman–Crippen LogP) is 3.68. The van der Waals surface area contributed by atoms with Crippen LogP contribution in [0, 0.1) is 13.8 Å². The van der Waals surface area contributed by atoms with Crippen molar-refractivity contribution in [3.63, 3.8) is 0 Å². The Bertz CT molecular complexity index is 1050. The van der Waals surface area contributed by atoms with Crippen LogP contribution >= 0.6 is 0 Å². The van der Waals surface area contributed by atoms with E-state index in [4.69, 9.17) is 9.47 Å². The molecule has 0 saturated heterocycles. The monoisotopic (exact) mass is 377 g/mol. The average molecular weight is 377 g/mol. The molecule has 0 atom stereocenters. The second-order valence-electron chi connectivity index (χ2n) is 6.98. The van der Waals surface area contributed by atoms with E-state index in [1.165, 1.54) is 0 Å². The van der Waals surface area contributed by atoms with E-state index in [2.05, 4.69) is 9.97 Å². The van der Waals surface area contributed by atoms with Crippen LogP contribution in [0.15, 0.2) is 36.4 Å². The molecule has 1 amide bonds. The van der Waals surface area contributed by atoms with Gasteiger partial charge in [0.1, 0.15) is 0 Å². The van der Waals surface area contributed by atoms with Crippen molar-refractivity contribution in [2.75, 3.05) is 20.3 Å². The van der Waals surface area contributed by atoms with Crippen LogP contribution in [0.1, 0.15) is 33.7 Å². The number of benzene rings is 2. The molecule has 4 rings (SSSR count). The Kier molecular flexibility index (Phi) is 4.86. The number of rotatable bonds is 2. The molecule has 3 aromatic rings. The van der Waals surface area contributed by atoms with Gasteiger partial charge in [-0.15, -0.1) is 0 Å². The van der Waals surface area contributed by atoms with Gasteiger partial charge in [0.05, 0.1) is 36.1 Å². The topological polar surface area (TPSA) is 64.6 Å². The first-order valence-corrected chi connectivity index (χ1v) is 9.40. The van der Waals surface area contributed by atoms with Gasteiger partial charge in [-0.25, -0.2) is 9.97 Å². The van der Waals surface area contributed by atoms with E-state index in [-0.39, 0.29) is 5.91 Å². The Hall–Kier alpha value is -3.15. The lowest BCUT2D eigenvalue weighted by molar-refractivity contribution is 0.0721. The van der Waals surface area contributed by atoms with Crippen molar-refractivity contribution in [1.29, 1.82) is 0 Å². The lowest BCUT2D eigenvalue weighted by Crippen LogP contribution is -2.33. The lowest BCUT2D eigenvalue weighted by Gasteiger charge is -2.27. The quantitative estimate of drug-likeness (QED) is 0.682. The number of nitrogens with zero attached hydrogens (tertiary/aromatic N) is 3. The molecule has 0 radical (unpaired) electrons. The third-order valence-corrected chi connectivity index (χ3v) is 5.07. The Morgan fingerprint density at radius 1 is 1.11 bits per heavy atom. The summed E-state index contributed by atoms with van der Waals surface area (Å²) in [5, 5.41) is 0. The summed E-state index contributed by atoms with van der Waals surface area (Å²) in [7, 11) is 1.63. The normalized spacial score (nSPS) is 14.0. The lowest BCUT2D eigenvalue weighted by atomic mass is 10.1. The van der Waals surface area contributed by atoms with Gasteiger partial charge in [-0.2, -0.15) is 0 Å². The maximum Gasteiger partial charge on any atom is 0.254 e. The van der Waals surface area contributed by atoms with Gasteiger partial charge >= 0.3 is 0 Å². The maximum absolute atomic E-state index is 13.2. The molecule has 6 nitrogen and oxygen atoms in total. The molecule has 1 aliphatic heterocycles. The van der Waals surface area contributed by atoms with Crippen LogP contribution in [-0.4, -0.2) is 41.0 Å². The molecule has 1 aromatic heterocycles. The van der Waals surface area contributed by atoms with E-state index < -0.39 is 0 Å². The Morgan fingerprint density at radius 3 is 2.68 bits per heavy atom. The first-order valence-electron chi connectivity index (χ1n) is 9.40. The summed E-state index contributed by atoms with van der Waals surface area (Å²) in [4.78, 5) is 24.2. The van der Waals surface area contributed by atoms with Crippen molar-refractivity contribution in [2.45, 2.75) is 26.8 Å². The molecule has 0 spiro atoms. The predicted molar refractivity (Wildman–Crippen MR) is 107 cm³/mol. The molecular formula is C22H23N3O3. The van der Waals surface area contributed by atoms with Crippen molar-refractivity contribution in [3.05, 3.63) is 58.9 Å². The average Bonchev–Trinajstić information content (AvgIpc) is 2.68. The van der Waals surface area contributed by atoms with Gasteiger partial charge in [0.15, 0.2) is 11.5 Å². The van der Waals surface area contributed by atoms with Crippen molar-refractivity contribution in [2.24, 2.45) is 0 Å². The van der Waals surface area contributed by atoms with E-state index in [1.54, 1.807) is 7.11 Å². The third kappa shape index (κ3) is 3.38. The molecule has 0 fully saturated rings. The fourth-order valence-electron chi connectivity index (χ4n) is 3.44. The number of amides is 1. The van der Waals surface area contributed by atoms with Crippen molar-refractivity contribution in [1.82, 2.24) is 14.9 Å². The number of carbonyl (C=O) groups is 1. The number of aryl methyl sites for hydroxylation is 2. The van der Waals surface area contributed by atoms with Gasteiger partial charge in [0.2, 0.25) is 0 Å². The number of carbonyl (C=O) groups excluding carboxylic acids is 1. The Morgan fingerprint density at radius 2 is 1.89 bits per heavy atom. The molecule has 0 unspecified atom stereocenters. The van der Waals surface area contributed by atoms with Crippen molar-refractivity contribution >= 4 is 16.9 Å². The summed E-state index contributed by atoms with van der Waals surface area (Å²) in [6, 6.07) is 11.3. The number of methoxy groups -OCH3 is 1. The zero-order valence-electron chi connectivity index (χ0n) is 16.4. The van der Waals surface area contributed by atoms with Gasteiger partial charge < -0.3 is 14.4 Å². The molecule has 2 heterocycles. The van der Waals surface area contributed by atoms with E-state index in [1.807, 2.05) is 55.1 Å². The van der Waals surface area contributed by atoms with E-state index in [9.17, 15) is 4.79 Å². The highest BCUT2D eigenvalue weighted by Gasteiger charge is 2.22. The van der Waals surface area contributed by atoms with Crippen LogP contribution in [-0.2, 0) is 6.54 Å². The molecule has 0 N–H and O–H groups in total. The number of para-hydroxylation sites is 1. The minimum atomic E-state index is -0.0161. The van der Waals surface area contributed by atoms with Crippen molar-refractivity contribution in [3.8, 4) is 11.5 Å². The van der Waals surface area contributed by atoms with Crippen LogP contribution in [0.4, 0.5) is 0 Å². The van der Waals surface area contributed by atoms with Gasteiger partial charge in [-0.1, -0.05) is 12.1 Å². The minimum Gasteiger partial charge on any atom is -0.493 e. The first-order chi connectivity index (χ1) is 13.6. The van der Waals surface area contributed by atoms with Crippen LogP contribution < -0.4 is 9.47 Å². The zero-order chi connectivity index (χ0) is 19.7. The minimum absolute atomic E-state index is 0.0161. The summed E-state index contributed by atoms with van der Waals surface area (Å²) >= 11 is 0. The smallest absolute Gasteiger partial charge is 0.254 e. The molecule has 0 aliphatic carbocycles. The summed E-state index contributed by atoms with van der Waals surface area (Å²) in [5.41, 5.74) is 4.89. The summed E-state index contributed by atoms with van der Waals surface area (Å²) in [5.74, 6) is 1.40. The van der Waals surface area contributed by atoms with Crippen LogP contribution in [0.2, 0.25) is 0 Å². The molecule has 0 saturated carbocycles.